The molecule has 0 fully saturated rings. The van der Waals surface area contributed by atoms with Crippen molar-refractivity contribution in [3.05, 3.63) is 105 Å². The van der Waals surface area contributed by atoms with Crippen LogP contribution in [0.4, 0.5) is 0 Å². The number of hydrogen-bond acceptors (Lipinski definition) is 5. The van der Waals surface area contributed by atoms with Crippen LogP contribution in [0.25, 0.3) is 10.8 Å². The quantitative estimate of drug-likeness (QED) is 0.128. The van der Waals surface area contributed by atoms with Crippen molar-refractivity contribution in [2.45, 2.75) is 0 Å². The second-order valence-electron chi connectivity index (χ2n) is 7.20. The maximum absolute atomic E-state index is 12.7. The predicted molar refractivity (Wildman–Crippen MR) is 138 cm³/mol. The lowest BCUT2D eigenvalue weighted by molar-refractivity contribution is -0.123. The van der Waals surface area contributed by atoms with Gasteiger partial charge in [-0.1, -0.05) is 83.3 Å². The minimum absolute atomic E-state index is 0.214. The average Bonchev–Trinajstić information content (AvgIpc) is 2.86. The molecular formula is C26H17Cl3N2O4. The van der Waals surface area contributed by atoms with Gasteiger partial charge in [0, 0.05) is 5.56 Å². The lowest BCUT2D eigenvalue weighted by atomic mass is 10.0. The molecule has 4 aromatic rings. The van der Waals surface area contributed by atoms with E-state index in [4.69, 9.17) is 44.3 Å². The largest absolute Gasteiger partial charge is 0.482 e. The Labute approximate surface area is 216 Å². The molecule has 0 atom stereocenters. The lowest BCUT2D eigenvalue weighted by Gasteiger charge is -2.11. The Hall–Kier alpha value is -3.58. The number of amides is 1. The van der Waals surface area contributed by atoms with Gasteiger partial charge < -0.3 is 9.47 Å². The van der Waals surface area contributed by atoms with Gasteiger partial charge in [0.25, 0.3) is 5.91 Å². The van der Waals surface area contributed by atoms with Crippen molar-refractivity contribution < 1.29 is 19.1 Å². The highest BCUT2D eigenvalue weighted by molar-refractivity contribution is 6.42. The number of fused-ring (bicyclic) bond motifs is 1. The number of hydrazone groups is 1. The van der Waals surface area contributed by atoms with Crippen LogP contribution in [0.15, 0.2) is 84.0 Å². The van der Waals surface area contributed by atoms with Crippen molar-refractivity contribution in [2.75, 3.05) is 6.61 Å². The van der Waals surface area contributed by atoms with E-state index in [1.807, 2.05) is 30.3 Å². The Balaban J connectivity index is 1.52. The van der Waals surface area contributed by atoms with Crippen molar-refractivity contribution in [3.63, 3.8) is 0 Å². The summed E-state index contributed by atoms with van der Waals surface area (Å²) in [6.45, 7) is -0.332. The van der Waals surface area contributed by atoms with E-state index in [2.05, 4.69) is 10.5 Å². The van der Waals surface area contributed by atoms with E-state index in [0.29, 0.717) is 10.6 Å². The number of benzene rings is 4. The summed E-state index contributed by atoms with van der Waals surface area (Å²) in [6.07, 6.45) is 1.40. The molecule has 0 saturated carbocycles. The molecular weight excluding hydrogens is 511 g/mol. The molecule has 0 spiro atoms. The zero-order valence-corrected chi connectivity index (χ0v) is 20.3. The zero-order valence-electron chi connectivity index (χ0n) is 18.0. The fourth-order valence-electron chi connectivity index (χ4n) is 3.22. The molecule has 4 aromatic carbocycles. The summed E-state index contributed by atoms with van der Waals surface area (Å²) < 4.78 is 11.0. The van der Waals surface area contributed by atoms with Gasteiger partial charge in [-0.15, -0.1) is 0 Å². The van der Waals surface area contributed by atoms with Crippen LogP contribution in [0.5, 0.6) is 11.5 Å². The number of carbonyl (C=O) groups is 2. The van der Waals surface area contributed by atoms with E-state index in [0.717, 1.165) is 10.8 Å². The summed E-state index contributed by atoms with van der Waals surface area (Å²) in [5, 5.41) is 6.51. The van der Waals surface area contributed by atoms with Crippen LogP contribution in [0.2, 0.25) is 15.1 Å². The summed E-state index contributed by atoms with van der Waals surface area (Å²) in [7, 11) is 0. The third-order valence-corrected chi connectivity index (χ3v) is 6.02. The number of hydrogen-bond donors (Lipinski definition) is 1. The van der Waals surface area contributed by atoms with Crippen LogP contribution in [0, 0.1) is 0 Å². The molecule has 0 saturated heterocycles. The SMILES string of the molecule is O=C(COc1cccc(Cl)c1Cl)N/N=C/c1c(OC(=O)c2ccccc2Cl)ccc2ccccc12. The Morgan fingerprint density at radius 1 is 0.829 bits per heavy atom. The van der Waals surface area contributed by atoms with E-state index in [1.165, 1.54) is 6.21 Å². The van der Waals surface area contributed by atoms with Crippen molar-refractivity contribution >= 4 is 63.7 Å². The van der Waals surface area contributed by atoms with Crippen molar-refractivity contribution in [2.24, 2.45) is 5.10 Å². The van der Waals surface area contributed by atoms with Gasteiger partial charge in [0.05, 0.1) is 21.8 Å². The number of nitrogens with zero attached hydrogens (tertiary/aromatic N) is 1. The first-order valence-corrected chi connectivity index (χ1v) is 11.4. The zero-order chi connectivity index (χ0) is 24.8. The minimum atomic E-state index is -0.614. The molecule has 1 amide bonds. The second kappa shape index (κ2) is 11.2. The van der Waals surface area contributed by atoms with Crippen LogP contribution in [-0.2, 0) is 4.79 Å². The molecule has 0 aliphatic carbocycles. The van der Waals surface area contributed by atoms with Crippen molar-refractivity contribution in [1.82, 2.24) is 5.43 Å². The number of carbonyl (C=O) groups excluding carboxylic acids is 2. The molecule has 35 heavy (non-hydrogen) atoms. The summed E-state index contributed by atoms with van der Waals surface area (Å²) in [5.74, 6) is -0.599. The second-order valence-corrected chi connectivity index (χ2v) is 8.39. The first kappa shape index (κ1) is 24.5. The van der Waals surface area contributed by atoms with Crippen molar-refractivity contribution in [1.29, 1.82) is 0 Å². The first-order valence-electron chi connectivity index (χ1n) is 10.3. The highest BCUT2D eigenvalue weighted by Gasteiger charge is 2.16. The highest BCUT2D eigenvalue weighted by Crippen LogP contribution is 2.31. The van der Waals surface area contributed by atoms with Gasteiger partial charge in [0.15, 0.2) is 6.61 Å². The number of nitrogens with one attached hydrogen (secondary N) is 1. The van der Waals surface area contributed by atoms with Gasteiger partial charge in [0.1, 0.15) is 16.5 Å². The molecule has 0 heterocycles. The molecule has 176 valence electrons. The Bertz CT molecular complexity index is 1440. The van der Waals surface area contributed by atoms with E-state index in [-0.39, 0.29) is 33.7 Å². The fraction of sp³-hybridized carbons (Fsp3) is 0.0385. The van der Waals surface area contributed by atoms with E-state index < -0.39 is 11.9 Å². The molecule has 0 radical (unpaired) electrons. The topological polar surface area (TPSA) is 77.0 Å². The number of rotatable bonds is 7. The molecule has 0 bridgehead atoms. The maximum Gasteiger partial charge on any atom is 0.345 e. The van der Waals surface area contributed by atoms with E-state index >= 15 is 0 Å². The Kier molecular flexibility index (Phi) is 7.87. The van der Waals surface area contributed by atoms with Gasteiger partial charge in [-0.05, 0) is 41.1 Å². The average molecular weight is 528 g/mol. The molecule has 6 nitrogen and oxygen atoms in total. The van der Waals surface area contributed by atoms with Gasteiger partial charge in [-0.25, -0.2) is 10.2 Å². The van der Waals surface area contributed by atoms with Crippen LogP contribution >= 0.6 is 34.8 Å². The summed E-state index contributed by atoms with van der Waals surface area (Å²) in [6, 6.07) is 22.4. The van der Waals surface area contributed by atoms with Crippen LogP contribution in [0.3, 0.4) is 0 Å². The standard InChI is InChI=1S/C26H17Cl3N2O4/c27-20-9-4-3-8-18(20)26(33)35-22-13-12-16-6-1-2-7-17(16)19(22)14-30-31-24(32)15-34-23-11-5-10-21(28)25(23)29/h1-14H,15H2,(H,31,32)/b30-14+. The molecule has 1 N–H and O–H groups in total. The van der Waals surface area contributed by atoms with Gasteiger partial charge in [0.2, 0.25) is 0 Å². The molecule has 0 aliphatic rings. The third kappa shape index (κ3) is 5.92. The third-order valence-electron chi connectivity index (χ3n) is 4.88. The first-order chi connectivity index (χ1) is 16.9. The molecule has 0 aromatic heterocycles. The predicted octanol–water partition coefficient (Wildman–Crippen LogP) is 6.55. The number of esters is 1. The maximum atomic E-state index is 12.7. The van der Waals surface area contributed by atoms with Crippen LogP contribution in [-0.4, -0.2) is 24.7 Å². The number of ether oxygens (including phenoxy) is 2. The lowest BCUT2D eigenvalue weighted by Crippen LogP contribution is -2.24. The smallest absolute Gasteiger partial charge is 0.345 e. The van der Waals surface area contributed by atoms with Crippen LogP contribution in [0.1, 0.15) is 15.9 Å². The van der Waals surface area contributed by atoms with E-state index in [9.17, 15) is 9.59 Å². The summed E-state index contributed by atoms with van der Waals surface area (Å²) in [5.41, 5.74) is 3.12. The van der Waals surface area contributed by atoms with Crippen molar-refractivity contribution in [3.8, 4) is 11.5 Å². The highest BCUT2D eigenvalue weighted by atomic mass is 35.5. The van der Waals surface area contributed by atoms with Gasteiger partial charge in [-0.3, -0.25) is 4.79 Å². The Morgan fingerprint density at radius 3 is 2.40 bits per heavy atom. The number of halogens is 3. The minimum Gasteiger partial charge on any atom is -0.482 e. The Morgan fingerprint density at radius 2 is 1.57 bits per heavy atom. The van der Waals surface area contributed by atoms with Gasteiger partial charge >= 0.3 is 5.97 Å². The molecule has 0 unspecified atom stereocenters. The van der Waals surface area contributed by atoms with Crippen LogP contribution < -0.4 is 14.9 Å². The van der Waals surface area contributed by atoms with E-state index in [1.54, 1.807) is 48.5 Å². The fourth-order valence-corrected chi connectivity index (χ4v) is 3.78. The summed E-state index contributed by atoms with van der Waals surface area (Å²) >= 11 is 18.1. The summed E-state index contributed by atoms with van der Waals surface area (Å²) in [4.78, 5) is 24.9. The monoisotopic (exact) mass is 526 g/mol. The molecule has 9 heteroatoms. The molecule has 0 aliphatic heterocycles. The van der Waals surface area contributed by atoms with Gasteiger partial charge in [-0.2, -0.15) is 5.10 Å². The normalized spacial score (nSPS) is 10.9. The molecule has 4 rings (SSSR count).